The number of benzene rings is 2. The Labute approximate surface area is 128 Å². The second-order valence-corrected chi connectivity index (χ2v) is 5.42. The first-order valence-electron chi connectivity index (χ1n) is 6.18. The normalized spacial score (nSPS) is 10.5. The smallest absolute Gasteiger partial charge is 0.210 e. The van der Waals surface area contributed by atoms with E-state index in [0.29, 0.717) is 21.4 Å². The molecule has 1 aromatic heterocycles. The first-order chi connectivity index (χ1) is 10.5. The molecule has 0 aliphatic heterocycles. The van der Waals surface area contributed by atoms with Crippen LogP contribution in [0.5, 0.6) is 23.0 Å². The maximum absolute atomic E-state index is 9.81. The van der Waals surface area contributed by atoms with Gasteiger partial charge in [-0.15, -0.1) is 10.2 Å². The molecular formula is C14H11N3O4S. The second-order valence-electron chi connectivity index (χ2n) is 4.44. The third-order valence-electron chi connectivity index (χ3n) is 2.86. The van der Waals surface area contributed by atoms with E-state index >= 15 is 0 Å². The standard InChI is InChI=1S/C14H11N3O4S/c18-7-1-3-9(11(20)5-7)13-16-17-14(22-13)15-10-4-2-8(19)6-12(10)21/h1-6,18-21H,(H,15,17). The van der Waals surface area contributed by atoms with Crippen molar-refractivity contribution in [3.05, 3.63) is 36.4 Å². The van der Waals surface area contributed by atoms with E-state index in [1.54, 1.807) is 0 Å². The number of phenols is 4. The zero-order valence-electron chi connectivity index (χ0n) is 11.1. The van der Waals surface area contributed by atoms with E-state index in [1.807, 2.05) is 0 Å². The van der Waals surface area contributed by atoms with Crippen LogP contribution in [0.25, 0.3) is 10.6 Å². The zero-order chi connectivity index (χ0) is 15.7. The number of rotatable bonds is 3. The van der Waals surface area contributed by atoms with Crippen molar-refractivity contribution in [2.24, 2.45) is 0 Å². The minimum atomic E-state index is -0.121. The van der Waals surface area contributed by atoms with Gasteiger partial charge in [-0.3, -0.25) is 0 Å². The van der Waals surface area contributed by atoms with Crippen LogP contribution in [0.3, 0.4) is 0 Å². The van der Waals surface area contributed by atoms with Gasteiger partial charge in [0.15, 0.2) is 5.01 Å². The average molecular weight is 317 g/mol. The summed E-state index contributed by atoms with van der Waals surface area (Å²) in [6.07, 6.45) is 0. The van der Waals surface area contributed by atoms with Gasteiger partial charge in [-0.2, -0.15) is 0 Å². The summed E-state index contributed by atoms with van der Waals surface area (Å²) < 4.78 is 0. The summed E-state index contributed by atoms with van der Waals surface area (Å²) in [6.45, 7) is 0. The molecule has 2 aromatic carbocycles. The highest BCUT2D eigenvalue weighted by Crippen LogP contribution is 2.37. The van der Waals surface area contributed by atoms with Gasteiger partial charge < -0.3 is 25.7 Å². The predicted octanol–water partition coefficient (Wildman–Crippen LogP) is 2.77. The van der Waals surface area contributed by atoms with Crippen molar-refractivity contribution < 1.29 is 20.4 Å². The Morgan fingerprint density at radius 3 is 2.18 bits per heavy atom. The molecule has 3 aromatic rings. The maximum Gasteiger partial charge on any atom is 0.210 e. The maximum atomic E-state index is 9.81. The third-order valence-corrected chi connectivity index (χ3v) is 3.73. The quantitative estimate of drug-likeness (QED) is 0.372. The number of anilines is 2. The SMILES string of the molecule is Oc1ccc(Nc2nnc(-c3ccc(O)cc3O)s2)c(O)c1. The summed E-state index contributed by atoms with van der Waals surface area (Å²) in [5.74, 6) is -0.312. The summed E-state index contributed by atoms with van der Waals surface area (Å²) in [5, 5.41) is 49.7. The minimum absolute atomic E-state index is 0.0434. The predicted molar refractivity (Wildman–Crippen MR) is 81.7 cm³/mol. The lowest BCUT2D eigenvalue weighted by atomic mass is 10.2. The fourth-order valence-electron chi connectivity index (χ4n) is 1.82. The number of hydrogen-bond acceptors (Lipinski definition) is 8. The minimum Gasteiger partial charge on any atom is -0.508 e. The average Bonchev–Trinajstić information content (AvgIpc) is 2.90. The van der Waals surface area contributed by atoms with E-state index in [-0.39, 0.29) is 23.0 Å². The molecule has 3 rings (SSSR count). The Morgan fingerprint density at radius 1 is 0.818 bits per heavy atom. The van der Waals surface area contributed by atoms with Crippen LogP contribution in [-0.2, 0) is 0 Å². The van der Waals surface area contributed by atoms with Crippen LogP contribution in [0.1, 0.15) is 0 Å². The first kappa shape index (κ1) is 14.0. The van der Waals surface area contributed by atoms with E-state index in [0.717, 1.165) is 0 Å². The Balaban J connectivity index is 1.87. The highest BCUT2D eigenvalue weighted by Gasteiger charge is 2.12. The molecule has 5 N–H and O–H groups in total. The monoisotopic (exact) mass is 317 g/mol. The molecule has 0 unspecified atom stereocenters. The van der Waals surface area contributed by atoms with E-state index < -0.39 is 0 Å². The van der Waals surface area contributed by atoms with Crippen LogP contribution in [0.4, 0.5) is 10.8 Å². The molecule has 0 saturated heterocycles. The zero-order valence-corrected chi connectivity index (χ0v) is 11.9. The lowest BCUT2D eigenvalue weighted by Crippen LogP contribution is -1.89. The van der Waals surface area contributed by atoms with Crippen LogP contribution in [0.2, 0.25) is 0 Å². The fourth-order valence-corrected chi connectivity index (χ4v) is 2.61. The molecule has 0 bridgehead atoms. The fraction of sp³-hybridized carbons (Fsp3) is 0. The molecular weight excluding hydrogens is 306 g/mol. The molecule has 8 heteroatoms. The number of aromatic hydroxyl groups is 4. The van der Waals surface area contributed by atoms with E-state index in [9.17, 15) is 20.4 Å². The van der Waals surface area contributed by atoms with Crippen molar-refractivity contribution >= 4 is 22.2 Å². The number of nitrogens with one attached hydrogen (secondary N) is 1. The van der Waals surface area contributed by atoms with Crippen molar-refractivity contribution in [1.82, 2.24) is 10.2 Å². The molecule has 22 heavy (non-hydrogen) atoms. The lowest BCUT2D eigenvalue weighted by molar-refractivity contribution is 0.451. The van der Waals surface area contributed by atoms with Gasteiger partial charge >= 0.3 is 0 Å². The van der Waals surface area contributed by atoms with Crippen LogP contribution in [-0.4, -0.2) is 30.6 Å². The summed E-state index contributed by atoms with van der Waals surface area (Å²) in [6, 6.07) is 8.33. The summed E-state index contributed by atoms with van der Waals surface area (Å²) >= 11 is 1.17. The Morgan fingerprint density at radius 2 is 1.50 bits per heavy atom. The van der Waals surface area contributed by atoms with Gasteiger partial charge in [0.05, 0.1) is 11.3 Å². The Bertz CT molecular complexity index is 835. The van der Waals surface area contributed by atoms with Gasteiger partial charge in [-0.05, 0) is 24.3 Å². The Kier molecular flexibility index (Phi) is 3.43. The van der Waals surface area contributed by atoms with Gasteiger partial charge in [-0.1, -0.05) is 11.3 Å². The summed E-state index contributed by atoms with van der Waals surface area (Å²) in [5.41, 5.74) is 0.814. The topological polar surface area (TPSA) is 119 Å². The molecule has 0 spiro atoms. The first-order valence-corrected chi connectivity index (χ1v) is 6.99. The van der Waals surface area contributed by atoms with Gasteiger partial charge in [0.25, 0.3) is 0 Å². The van der Waals surface area contributed by atoms with Crippen molar-refractivity contribution in [1.29, 1.82) is 0 Å². The third kappa shape index (κ3) is 2.72. The second kappa shape index (κ2) is 5.41. The summed E-state index contributed by atoms with van der Waals surface area (Å²) in [7, 11) is 0. The van der Waals surface area contributed by atoms with Crippen LogP contribution < -0.4 is 5.32 Å². The molecule has 0 aliphatic rings. The number of hydrogen-bond donors (Lipinski definition) is 5. The van der Waals surface area contributed by atoms with Crippen molar-refractivity contribution in [2.75, 3.05) is 5.32 Å². The molecule has 0 saturated carbocycles. The van der Waals surface area contributed by atoms with Crippen LogP contribution >= 0.6 is 11.3 Å². The van der Waals surface area contributed by atoms with E-state index in [1.165, 1.54) is 47.7 Å². The highest BCUT2D eigenvalue weighted by atomic mass is 32.1. The van der Waals surface area contributed by atoms with Gasteiger partial charge in [0.1, 0.15) is 23.0 Å². The van der Waals surface area contributed by atoms with Crippen molar-refractivity contribution in [2.45, 2.75) is 0 Å². The number of nitrogens with zero attached hydrogens (tertiary/aromatic N) is 2. The molecule has 0 radical (unpaired) electrons. The largest absolute Gasteiger partial charge is 0.508 e. The van der Waals surface area contributed by atoms with Crippen molar-refractivity contribution in [3.63, 3.8) is 0 Å². The van der Waals surface area contributed by atoms with E-state index in [2.05, 4.69) is 15.5 Å². The molecule has 1 heterocycles. The van der Waals surface area contributed by atoms with Gasteiger partial charge in [0.2, 0.25) is 5.13 Å². The molecule has 0 amide bonds. The molecule has 0 fully saturated rings. The van der Waals surface area contributed by atoms with Crippen LogP contribution in [0, 0.1) is 0 Å². The number of aromatic nitrogens is 2. The summed E-state index contributed by atoms with van der Waals surface area (Å²) in [4.78, 5) is 0. The van der Waals surface area contributed by atoms with Gasteiger partial charge in [0, 0.05) is 12.1 Å². The van der Waals surface area contributed by atoms with E-state index in [4.69, 9.17) is 0 Å². The Hall–Kier alpha value is -3.00. The van der Waals surface area contributed by atoms with Crippen LogP contribution in [0.15, 0.2) is 36.4 Å². The van der Waals surface area contributed by atoms with Crippen molar-refractivity contribution in [3.8, 4) is 33.6 Å². The molecule has 112 valence electrons. The lowest BCUT2D eigenvalue weighted by Gasteiger charge is -2.04. The molecule has 0 aliphatic carbocycles. The highest BCUT2D eigenvalue weighted by molar-refractivity contribution is 7.18. The molecule has 0 atom stereocenters. The molecule has 7 nitrogen and oxygen atoms in total. The number of phenolic OH excluding ortho intramolecular Hbond substituents is 4. The van der Waals surface area contributed by atoms with Gasteiger partial charge in [-0.25, -0.2) is 0 Å².